The quantitative estimate of drug-likeness (QED) is 0.453. The number of carbonyl (C=O) groups is 3. The van der Waals surface area contributed by atoms with Crippen molar-refractivity contribution in [3.05, 3.63) is 82.9 Å². The van der Waals surface area contributed by atoms with Gasteiger partial charge in [0.25, 0.3) is 0 Å². The van der Waals surface area contributed by atoms with E-state index in [9.17, 15) is 27.6 Å². The van der Waals surface area contributed by atoms with Crippen molar-refractivity contribution >= 4 is 18.0 Å². The van der Waals surface area contributed by atoms with Crippen LogP contribution in [0.1, 0.15) is 36.0 Å². The first-order valence-electron chi connectivity index (χ1n) is 10.7. The van der Waals surface area contributed by atoms with Gasteiger partial charge in [0.15, 0.2) is 5.54 Å². The summed E-state index contributed by atoms with van der Waals surface area (Å²) < 4.78 is 55.1. The summed E-state index contributed by atoms with van der Waals surface area (Å²) in [4.78, 5) is 38.1. The van der Waals surface area contributed by atoms with Crippen LogP contribution in [0.25, 0.3) is 0 Å². The topological polar surface area (TPSA) is 90.9 Å². The van der Waals surface area contributed by atoms with Crippen LogP contribution in [0, 0.1) is 0 Å². The van der Waals surface area contributed by atoms with E-state index in [0.717, 1.165) is 19.2 Å². The number of esters is 2. The van der Waals surface area contributed by atoms with Crippen LogP contribution in [0.4, 0.5) is 18.0 Å². The van der Waals surface area contributed by atoms with Gasteiger partial charge in [-0.15, -0.1) is 0 Å². The van der Waals surface area contributed by atoms with Gasteiger partial charge in [-0.1, -0.05) is 48.5 Å². The molecule has 1 amide bonds. The number of carbonyl (C=O) groups excluding carboxylic acids is 3. The Balaban J connectivity index is 1.94. The zero-order valence-corrected chi connectivity index (χ0v) is 19.1. The first kappa shape index (κ1) is 25.8. The minimum atomic E-state index is -4.61. The number of alkyl halides is 3. The summed E-state index contributed by atoms with van der Waals surface area (Å²) in [6.07, 6.45) is -4.67. The van der Waals surface area contributed by atoms with Gasteiger partial charge in [-0.2, -0.15) is 13.2 Å². The molecule has 186 valence electrons. The summed E-state index contributed by atoms with van der Waals surface area (Å²) in [5.41, 5.74) is -2.01. The second-order valence-corrected chi connectivity index (χ2v) is 7.85. The molecule has 0 spiro atoms. The van der Waals surface area contributed by atoms with Gasteiger partial charge in [0.05, 0.1) is 19.3 Å². The number of nitrogens with one attached hydrogen (secondary N) is 1. The summed E-state index contributed by atoms with van der Waals surface area (Å²) in [5, 5.41) is 2.44. The van der Waals surface area contributed by atoms with Crippen LogP contribution in [-0.4, -0.2) is 37.3 Å². The monoisotopic (exact) mass is 491 g/mol. The lowest BCUT2D eigenvalue weighted by atomic mass is 9.88. The predicted octanol–water partition coefficient (Wildman–Crippen LogP) is 4.52. The molecule has 7 nitrogen and oxygen atoms in total. The average Bonchev–Trinajstić information content (AvgIpc) is 3.23. The number of alkyl carbamates (subject to hydrolysis) is 1. The highest BCUT2D eigenvalue weighted by Gasteiger charge is 2.50. The zero-order chi connectivity index (χ0) is 25.6. The molecule has 0 saturated carbocycles. The van der Waals surface area contributed by atoms with Gasteiger partial charge < -0.3 is 19.5 Å². The molecule has 2 atom stereocenters. The number of amides is 1. The third-order valence-corrected chi connectivity index (χ3v) is 5.52. The number of halogens is 3. The van der Waals surface area contributed by atoms with E-state index in [-0.39, 0.29) is 30.8 Å². The van der Waals surface area contributed by atoms with Gasteiger partial charge in [0.1, 0.15) is 6.61 Å². The van der Waals surface area contributed by atoms with Gasteiger partial charge in [-0.25, -0.2) is 14.4 Å². The minimum Gasteiger partial charge on any atom is -0.467 e. The van der Waals surface area contributed by atoms with Gasteiger partial charge in [0.2, 0.25) is 0 Å². The van der Waals surface area contributed by atoms with Gasteiger partial charge >= 0.3 is 24.2 Å². The van der Waals surface area contributed by atoms with E-state index >= 15 is 0 Å². The SMILES string of the molecule is CCOC(=O)C1=C[C@](NC(=O)OCc2ccccc2)(C(=O)OC)C[C@H]1c1cccc(C(F)(F)F)c1. The predicted molar refractivity (Wildman–Crippen MR) is 118 cm³/mol. The molecule has 0 aromatic heterocycles. The first-order valence-corrected chi connectivity index (χ1v) is 10.7. The molecule has 2 aromatic carbocycles. The summed E-state index contributed by atoms with van der Waals surface area (Å²) in [6.45, 7) is 1.48. The van der Waals surface area contributed by atoms with Crippen molar-refractivity contribution in [1.29, 1.82) is 0 Å². The molecule has 1 N–H and O–H groups in total. The lowest BCUT2D eigenvalue weighted by Gasteiger charge is -2.26. The fourth-order valence-corrected chi connectivity index (χ4v) is 3.91. The summed E-state index contributed by atoms with van der Waals surface area (Å²) >= 11 is 0. The van der Waals surface area contributed by atoms with Crippen molar-refractivity contribution in [2.24, 2.45) is 0 Å². The number of hydrogen-bond acceptors (Lipinski definition) is 6. The third kappa shape index (κ3) is 6.00. The van der Waals surface area contributed by atoms with Crippen LogP contribution in [0.3, 0.4) is 0 Å². The Kier molecular flexibility index (Phi) is 7.83. The van der Waals surface area contributed by atoms with E-state index in [1.54, 1.807) is 37.3 Å². The molecule has 0 saturated heterocycles. The van der Waals surface area contributed by atoms with Gasteiger partial charge in [-0.05, 0) is 36.6 Å². The molecule has 0 bridgehead atoms. The summed E-state index contributed by atoms with van der Waals surface area (Å²) in [5.74, 6) is -2.71. The van der Waals surface area contributed by atoms with E-state index < -0.39 is 41.2 Å². The molecular formula is C25H24F3NO6. The van der Waals surface area contributed by atoms with Crippen LogP contribution >= 0.6 is 0 Å². The second-order valence-electron chi connectivity index (χ2n) is 7.85. The summed E-state index contributed by atoms with van der Waals surface area (Å²) in [7, 11) is 1.09. The highest BCUT2D eigenvalue weighted by molar-refractivity contribution is 5.97. The molecule has 35 heavy (non-hydrogen) atoms. The number of benzene rings is 2. The fraction of sp³-hybridized carbons (Fsp3) is 0.320. The minimum absolute atomic E-state index is 0.00323. The second kappa shape index (κ2) is 10.6. The van der Waals surface area contributed by atoms with E-state index in [1.807, 2.05) is 0 Å². The Bertz CT molecular complexity index is 1120. The number of ether oxygens (including phenoxy) is 3. The Morgan fingerprint density at radius 3 is 2.40 bits per heavy atom. The van der Waals surface area contributed by atoms with Crippen molar-refractivity contribution in [1.82, 2.24) is 5.32 Å². The third-order valence-electron chi connectivity index (χ3n) is 5.52. The van der Waals surface area contributed by atoms with Crippen molar-refractivity contribution < 1.29 is 41.8 Å². The first-order chi connectivity index (χ1) is 16.6. The Hall–Kier alpha value is -3.82. The van der Waals surface area contributed by atoms with Gasteiger partial charge in [0, 0.05) is 11.5 Å². The molecular weight excluding hydrogens is 467 g/mol. The summed E-state index contributed by atoms with van der Waals surface area (Å²) in [6, 6.07) is 13.2. The molecule has 0 unspecified atom stereocenters. The van der Waals surface area contributed by atoms with Crippen molar-refractivity contribution in [3.63, 3.8) is 0 Å². The Morgan fingerprint density at radius 1 is 1.06 bits per heavy atom. The van der Waals surface area contributed by atoms with Crippen LogP contribution in [0.15, 0.2) is 66.2 Å². The molecule has 0 heterocycles. The highest BCUT2D eigenvalue weighted by Crippen LogP contribution is 2.43. The van der Waals surface area contributed by atoms with Crippen LogP contribution < -0.4 is 5.32 Å². The van der Waals surface area contributed by atoms with Crippen LogP contribution in [0.5, 0.6) is 0 Å². The maximum absolute atomic E-state index is 13.3. The molecule has 3 rings (SSSR count). The van der Waals surface area contributed by atoms with E-state index in [0.29, 0.717) is 5.56 Å². The van der Waals surface area contributed by atoms with Crippen LogP contribution in [-0.2, 0) is 36.6 Å². The molecule has 1 aliphatic carbocycles. The number of methoxy groups -OCH3 is 1. The molecule has 0 fully saturated rings. The molecule has 1 aliphatic rings. The fourth-order valence-electron chi connectivity index (χ4n) is 3.91. The van der Waals surface area contributed by atoms with E-state index in [4.69, 9.17) is 14.2 Å². The standard InChI is InChI=1S/C25H24F3NO6/c1-3-34-21(30)20-14-24(22(31)33-2,29-23(32)35-15-16-8-5-4-6-9-16)13-19(20)17-10-7-11-18(12-17)25(26,27)28/h4-12,14,19H,3,13,15H2,1-2H3,(H,29,32)/t19-,24-/m0/s1. The van der Waals surface area contributed by atoms with Crippen LogP contribution in [0.2, 0.25) is 0 Å². The van der Waals surface area contributed by atoms with Gasteiger partial charge in [-0.3, -0.25) is 0 Å². The van der Waals surface area contributed by atoms with Crippen molar-refractivity contribution in [2.45, 2.75) is 37.6 Å². The molecule has 10 heteroatoms. The van der Waals surface area contributed by atoms with E-state index in [2.05, 4.69) is 5.32 Å². The van der Waals surface area contributed by atoms with E-state index in [1.165, 1.54) is 18.2 Å². The Morgan fingerprint density at radius 2 is 1.77 bits per heavy atom. The Labute approximate surface area is 199 Å². The molecule has 0 radical (unpaired) electrons. The largest absolute Gasteiger partial charge is 0.467 e. The van der Waals surface area contributed by atoms with Crippen molar-refractivity contribution in [2.75, 3.05) is 13.7 Å². The average molecular weight is 491 g/mol. The smallest absolute Gasteiger partial charge is 0.416 e. The molecule has 2 aromatic rings. The lowest BCUT2D eigenvalue weighted by molar-refractivity contribution is -0.146. The zero-order valence-electron chi connectivity index (χ0n) is 19.1. The normalized spacial score (nSPS) is 19.5. The number of rotatable bonds is 7. The molecule has 0 aliphatic heterocycles. The number of hydrogen-bond donors (Lipinski definition) is 1. The highest BCUT2D eigenvalue weighted by atomic mass is 19.4. The maximum atomic E-state index is 13.3. The lowest BCUT2D eigenvalue weighted by Crippen LogP contribution is -2.53. The maximum Gasteiger partial charge on any atom is 0.416 e. The van der Waals surface area contributed by atoms with Crippen molar-refractivity contribution in [3.8, 4) is 0 Å².